The van der Waals surface area contributed by atoms with Crippen molar-refractivity contribution >= 4 is 11.7 Å². The maximum absolute atomic E-state index is 11.8. The first-order valence-corrected chi connectivity index (χ1v) is 11.0. The van der Waals surface area contributed by atoms with Gasteiger partial charge in [-0.05, 0) is 37.8 Å². The van der Waals surface area contributed by atoms with E-state index in [-0.39, 0.29) is 5.54 Å². The number of ether oxygens (including phenoxy) is 1. The number of carbonyl (C=O) groups excluding carboxylic acids is 1. The van der Waals surface area contributed by atoms with E-state index < -0.39 is 6.09 Å². The molecule has 2 aromatic heterocycles. The smallest absolute Gasteiger partial charge is 0.410 e. The maximum atomic E-state index is 11.8. The van der Waals surface area contributed by atoms with Gasteiger partial charge in [-0.15, -0.1) is 0 Å². The van der Waals surface area contributed by atoms with Crippen molar-refractivity contribution in [2.75, 3.05) is 6.54 Å². The van der Waals surface area contributed by atoms with Gasteiger partial charge in [0, 0.05) is 35.5 Å². The fourth-order valence-electron chi connectivity index (χ4n) is 4.26. The molecule has 1 amide bonds. The first-order chi connectivity index (χ1) is 15.6. The Hall–Kier alpha value is -3.64. The minimum absolute atomic E-state index is 0.189. The zero-order valence-corrected chi connectivity index (χ0v) is 18.0. The highest BCUT2D eigenvalue weighted by molar-refractivity contribution is 5.82. The molecule has 1 saturated carbocycles. The summed E-state index contributed by atoms with van der Waals surface area (Å²) in [5.74, 6) is 0.449. The molecule has 1 fully saturated rings. The lowest BCUT2D eigenvalue weighted by molar-refractivity contribution is 0.201. The molecule has 162 valence electrons. The number of benzene rings is 2. The van der Waals surface area contributed by atoms with Gasteiger partial charge in [0.2, 0.25) is 0 Å². The highest BCUT2D eigenvalue weighted by Crippen LogP contribution is 2.40. The van der Waals surface area contributed by atoms with E-state index in [4.69, 9.17) is 15.5 Å². The van der Waals surface area contributed by atoms with Crippen LogP contribution < -0.4 is 15.8 Å². The van der Waals surface area contributed by atoms with Gasteiger partial charge in [-0.3, -0.25) is 4.40 Å². The summed E-state index contributed by atoms with van der Waals surface area (Å²) < 4.78 is 7.41. The minimum atomic E-state index is -0.478. The molecule has 0 bridgehead atoms. The lowest BCUT2D eigenvalue weighted by atomic mass is 9.72. The number of amides is 1. The molecule has 6 heteroatoms. The summed E-state index contributed by atoms with van der Waals surface area (Å²) in [6.07, 6.45) is 4.66. The van der Waals surface area contributed by atoms with Gasteiger partial charge in [-0.1, -0.05) is 54.6 Å². The third kappa shape index (κ3) is 3.63. The van der Waals surface area contributed by atoms with Crippen LogP contribution >= 0.6 is 0 Å². The number of hydrogen-bond donors (Lipinski definition) is 2. The number of nitrogens with one attached hydrogen (secondary N) is 1. The zero-order chi connectivity index (χ0) is 22.1. The Morgan fingerprint density at radius 3 is 2.50 bits per heavy atom. The van der Waals surface area contributed by atoms with E-state index in [0.29, 0.717) is 17.9 Å². The van der Waals surface area contributed by atoms with Gasteiger partial charge in [0.05, 0.1) is 11.4 Å². The number of imidazole rings is 1. The van der Waals surface area contributed by atoms with Crippen LogP contribution in [-0.4, -0.2) is 22.0 Å². The van der Waals surface area contributed by atoms with E-state index >= 15 is 0 Å². The molecule has 2 aromatic carbocycles. The molecule has 5 rings (SSSR count). The second-order valence-electron chi connectivity index (χ2n) is 8.27. The molecule has 4 aromatic rings. The Morgan fingerprint density at radius 1 is 1.09 bits per heavy atom. The number of aromatic nitrogens is 2. The number of pyridine rings is 1. The number of hydrogen-bond acceptors (Lipinski definition) is 4. The normalized spacial score (nSPS) is 14.7. The van der Waals surface area contributed by atoms with E-state index in [1.54, 1.807) is 12.1 Å². The minimum Gasteiger partial charge on any atom is -0.410 e. The molecule has 1 aliphatic carbocycles. The topological polar surface area (TPSA) is 81.6 Å². The second kappa shape index (κ2) is 8.13. The molecule has 0 spiro atoms. The van der Waals surface area contributed by atoms with Crippen molar-refractivity contribution in [3.8, 4) is 28.3 Å². The van der Waals surface area contributed by atoms with Crippen LogP contribution in [0, 0.1) is 0 Å². The molecule has 6 nitrogen and oxygen atoms in total. The summed E-state index contributed by atoms with van der Waals surface area (Å²) in [7, 11) is 0. The van der Waals surface area contributed by atoms with E-state index in [9.17, 15) is 4.79 Å². The number of rotatable bonds is 5. The average Bonchev–Trinajstić information content (AvgIpc) is 3.17. The number of carbonyl (C=O) groups is 1. The monoisotopic (exact) mass is 426 g/mol. The van der Waals surface area contributed by atoms with Crippen LogP contribution in [0.15, 0.2) is 72.9 Å². The van der Waals surface area contributed by atoms with Gasteiger partial charge >= 0.3 is 6.09 Å². The van der Waals surface area contributed by atoms with E-state index in [0.717, 1.165) is 35.4 Å². The van der Waals surface area contributed by atoms with Gasteiger partial charge in [0.25, 0.3) is 0 Å². The molecule has 32 heavy (non-hydrogen) atoms. The van der Waals surface area contributed by atoms with Crippen LogP contribution in [0.1, 0.15) is 31.7 Å². The molecule has 0 saturated heterocycles. The SMILES string of the molecule is CCNC(=O)Oc1ccn2c(-c3ccccc3)c(-c3ccc(C4(N)CCC4)cc3)nc2c1. The summed E-state index contributed by atoms with van der Waals surface area (Å²) in [6, 6.07) is 22.2. The third-order valence-corrected chi connectivity index (χ3v) is 6.16. The molecule has 1 aliphatic rings. The molecule has 0 radical (unpaired) electrons. The van der Waals surface area contributed by atoms with Gasteiger partial charge in [0.1, 0.15) is 11.4 Å². The van der Waals surface area contributed by atoms with Gasteiger partial charge in [-0.25, -0.2) is 9.78 Å². The molecule has 0 aliphatic heterocycles. The van der Waals surface area contributed by atoms with E-state index in [2.05, 4.69) is 41.7 Å². The van der Waals surface area contributed by atoms with Crippen LogP contribution in [0.5, 0.6) is 5.75 Å². The lowest BCUT2D eigenvalue weighted by Gasteiger charge is -2.38. The van der Waals surface area contributed by atoms with Crippen LogP contribution in [0.4, 0.5) is 4.79 Å². The summed E-state index contributed by atoms with van der Waals surface area (Å²) in [5, 5.41) is 2.64. The van der Waals surface area contributed by atoms with Crippen LogP contribution in [-0.2, 0) is 5.54 Å². The second-order valence-corrected chi connectivity index (χ2v) is 8.27. The molecule has 0 atom stereocenters. The zero-order valence-electron chi connectivity index (χ0n) is 18.0. The molecule has 0 unspecified atom stereocenters. The van der Waals surface area contributed by atoms with Gasteiger partial charge < -0.3 is 15.8 Å². The highest BCUT2D eigenvalue weighted by Gasteiger charge is 2.34. The van der Waals surface area contributed by atoms with Crippen LogP contribution in [0.2, 0.25) is 0 Å². The Balaban J connectivity index is 1.59. The Kier molecular flexibility index (Phi) is 5.15. The van der Waals surface area contributed by atoms with E-state index in [1.807, 2.05) is 35.7 Å². The lowest BCUT2D eigenvalue weighted by Crippen LogP contribution is -2.43. The Labute approximate surface area is 187 Å². The quantitative estimate of drug-likeness (QED) is 0.464. The van der Waals surface area contributed by atoms with Crippen molar-refractivity contribution in [2.45, 2.75) is 31.7 Å². The predicted octanol–water partition coefficient (Wildman–Crippen LogP) is 5.11. The third-order valence-electron chi connectivity index (χ3n) is 6.16. The van der Waals surface area contributed by atoms with Crippen molar-refractivity contribution in [1.29, 1.82) is 0 Å². The number of fused-ring (bicyclic) bond motifs is 1. The molecular weight excluding hydrogens is 400 g/mol. The fraction of sp³-hybridized carbons (Fsp3) is 0.231. The fourth-order valence-corrected chi connectivity index (χ4v) is 4.26. The maximum Gasteiger partial charge on any atom is 0.412 e. The van der Waals surface area contributed by atoms with Crippen molar-refractivity contribution < 1.29 is 9.53 Å². The van der Waals surface area contributed by atoms with Crippen molar-refractivity contribution in [1.82, 2.24) is 14.7 Å². The summed E-state index contributed by atoms with van der Waals surface area (Å²) in [5.41, 5.74) is 12.1. The standard InChI is InChI=1S/C26H26N4O2/c1-2-28-25(31)32-21-13-16-30-22(17-21)29-23(24(30)19-7-4-3-5-8-19)18-9-11-20(12-10-18)26(27)14-6-15-26/h3-5,7-13,16-17H,2,6,14-15,27H2,1H3,(H,28,31). The van der Waals surface area contributed by atoms with Gasteiger partial charge in [0.15, 0.2) is 0 Å². The first kappa shape index (κ1) is 20.3. The number of nitrogens with two attached hydrogens (primary N) is 1. The molecular formula is C26H26N4O2. The predicted molar refractivity (Wildman–Crippen MR) is 125 cm³/mol. The van der Waals surface area contributed by atoms with E-state index in [1.165, 1.54) is 12.0 Å². The highest BCUT2D eigenvalue weighted by atomic mass is 16.6. The largest absolute Gasteiger partial charge is 0.412 e. The molecule has 2 heterocycles. The van der Waals surface area contributed by atoms with Gasteiger partial charge in [-0.2, -0.15) is 0 Å². The summed E-state index contributed by atoms with van der Waals surface area (Å²) in [4.78, 5) is 16.8. The van der Waals surface area contributed by atoms with Crippen molar-refractivity contribution in [3.05, 3.63) is 78.5 Å². The van der Waals surface area contributed by atoms with Crippen LogP contribution in [0.25, 0.3) is 28.2 Å². The summed E-state index contributed by atoms with van der Waals surface area (Å²) in [6.45, 7) is 2.35. The van der Waals surface area contributed by atoms with Crippen molar-refractivity contribution in [2.24, 2.45) is 5.73 Å². The Morgan fingerprint density at radius 2 is 1.84 bits per heavy atom. The van der Waals surface area contributed by atoms with Crippen LogP contribution in [0.3, 0.4) is 0 Å². The first-order valence-electron chi connectivity index (χ1n) is 11.0. The Bertz CT molecular complexity index is 1260. The molecule has 3 N–H and O–H groups in total. The number of nitrogens with zero attached hydrogens (tertiary/aromatic N) is 2. The summed E-state index contributed by atoms with van der Waals surface area (Å²) >= 11 is 0. The van der Waals surface area contributed by atoms with Crippen molar-refractivity contribution in [3.63, 3.8) is 0 Å². The average molecular weight is 427 g/mol.